The van der Waals surface area contributed by atoms with Crippen molar-refractivity contribution in [3.05, 3.63) is 172 Å². The lowest BCUT2D eigenvalue weighted by Gasteiger charge is -2.26. The number of rotatable bonds is 53. The second-order valence-electron chi connectivity index (χ2n) is 33.0. The highest BCUT2D eigenvalue weighted by Gasteiger charge is 2.37. The van der Waals surface area contributed by atoms with Crippen LogP contribution in [0.3, 0.4) is 0 Å². The van der Waals surface area contributed by atoms with Crippen molar-refractivity contribution in [3.63, 3.8) is 0 Å². The van der Waals surface area contributed by atoms with Gasteiger partial charge in [-0.3, -0.25) is 82.1 Å². The Morgan fingerprint density at radius 2 is 0.978 bits per heavy atom. The quantitative estimate of drug-likeness (QED) is 0.00837. The van der Waals surface area contributed by atoms with Crippen LogP contribution in [-0.4, -0.2) is 222 Å². The lowest BCUT2D eigenvalue weighted by molar-refractivity contribution is -0.142. The first-order valence-corrected chi connectivity index (χ1v) is 44.7. The summed E-state index contributed by atoms with van der Waals surface area (Å²) in [5.74, 6) is -19.4. The predicted molar refractivity (Wildman–Crippen MR) is 506 cm³/mol. The molecule has 8 rings (SSSR count). The van der Waals surface area contributed by atoms with E-state index in [2.05, 4.69) is 90.1 Å². The average Bonchev–Trinajstić information content (AvgIpc) is 0.874. The van der Waals surface area contributed by atoms with Crippen molar-refractivity contribution in [2.24, 2.45) is 17.4 Å². The van der Waals surface area contributed by atoms with E-state index in [0.29, 0.717) is 51.7 Å². The lowest BCUT2D eigenvalue weighted by Crippen LogP contribution is -2.59. The Balaban J connectivity index is 0.933. The number of carboxylic acid groups (broad SMARTS) is 3. The van der Waals surface area contributed by atoms with Crippen LogP contribution in [-0.2, 0) is 96.2 Å². The number of amides is 14. The molecule has 5 aromatic carbocycles. The van der Waals surface area contributed by atoms with Crippen molar-refractivity contribution in [1.82, 2.24) is 84.7 Å². The molecule has 2 aliphatic rings. The van der Waals surface area contributed by atoms with Crippen molar-refractivity contribution < 1.29 is 111 Å². The van der Waals surface area contributed by atoms with E-state index in [0.717, 1.165) is 19.2 Å². The first kappa shape index (κ1) is 107. The highest BCUT2D eigenvalue weighted by Crippen LogP contribution is 2.43. The maximum absolute atomic E-state index is 14.7. The number of hydrogen-bond acceptors (Lipinski definition) is 23. The molecule has 736 valence electrons. The number of primary amides is 1. The summed E-state index contributed by atoms with van der Waals surface area (Å²) >= 11 is 5.55. The zero-order chi connectivity index (χ0) is 101. The van der Waals surface area contributed by atoms with E-state index in [1.807, 2.05) is 6.92 Å². The number of aromatic hydroxyl groups is 2. The normalized spacial score (nSPS) is 13.2. The molecule has 0 fully saturated rings. The number of phenols is 2. The second-order valence-corrected chi connectivity index (χ2v) is 33.4. The third kappa shape index (κ3) is 34.4. The van der Waals surface area contributed by atoms with Gasteiger partial charge in [0.2, 0.25) is 82.7 Å². The van der Waals surface area contributed by atoms with Crippen LogP contribution in [0.2, 0.25) is 0 Å². The minimum atomic E-state index is -1.90. The van der Waals surface area contributed by atoms with Crippen molar-refractivity contribution in [3.8, 4) is 33.9 Å². The zero-order valence-corrected chi connectivity index (χ0v) is 76.9. The predicted octanol–water partition coefficient (Wildman–Crippen LogP) is 1.21. The fraction of sp³-hybridized carbons (Fsp3) is 0.376. The number of hydrogen-bond donors (Lipinski definition) is 25. The molecule has 10 atom stereocenters. The summed E-state index contributed by atoms with van der Waals surface area (Å²) in [6.45, 7) is 6.99. The number of thiocarbonyl (C=S) groups is 1. The number of phenolic OH excluding ortho intramolecular Hbond substituents is 2. The summed E-state index contributed by atoms with van der Waals surface area (Å²) in [5.41, 5.74) is 14.0. The fourth-order valence-electron chi connectivity index (χ4n) is 14.3. The van der Waals surface area contributed by atoms with Gasteiger partial charge in [0.1, 0.15) is 83.3 Å². The highest BCUT2D eigenvalue weighted by atomic mass is 32.1. The van der Waals surface area contributed by atoms with Crippen LogP contribution >= 0.6 is 12.2 Å². The van der Waals surface area contributed by atoms with Gasteiger partial charge in [-0.15, -0.1) is 0 Å². The number of aromatic nitrogens is 1. The number of carboxylic acids is 3. The SMILES string of the molecule is CCCCNC(=O)[C@H](CC(=O)N[C@@H](CCC(=O)O)C(=O)N[C@@H](C)C(=O)N[C@@H](C)C(=O)N[C@@H](CC(=O)N[C@@H](CCC(N)=O)C(=O)N[C@@H](CCCNC(=N)N)C(=O)N[C@@H](CC(=O)N[C@@H](CC(C)C)C(=O)O)C(=O)NCc1ccccc1)C(=O)NCc1ccc(O)cc1)NC(=O)[C@H](Cc1cc2ccccc2[nH]1)NC(=O)CCNC(=S)Nc1ccc(-c2c3ccc(=O)cc-3oc3cc(O)ccc23)c(C(=O)O)c1. The monoisotopic (exact) mass is 1930 g/mol. The van der Waals surface area contributed by atoms with E-state index in [4.69, 9.17) is 33.5 Å². The van der Waals surface area contributed by atoms with Gasteiger partial charge >= 0.3 is 17.9 Å². The number of nitrogens with two attached hydrogens (primary N) is 2. The molecule has 1 aliphatic heterocycles. The van der Waals surface area contributed by atoms with Crippen LogP contribution in [0.25, 0.3) is 44.3 Å². The Morgan fingerprint density at radius 1 is 0.464 bits per heavy atom. The third-order valence-corrected chi connectivity index (χ3v) is 21.7. The lowest BCUT2D eigenvalue weighted by atomic mass is 9.90. The van der Waals surface area contributed by atoms with Crippen molar-refractivity contribution in [1.29, 1.82) is 5.41 Å². The minimum absolute atomic E-state index is 0.00475. The van der Waals surface area contributed by atoms with E-state index in [1.165, 1.54) is 66.7 Å². The van der Waals surface area contributed by atoms with E-state index in [9.17, 15) is 112 Å². The fourth-order valence-corrected chi connectivity index (χ4v) is 14.6. The number of fused-ring (bicyclic) bond motifs is 3. The number of aromatic amines is 1. The van der Waals surface area contributed by atoms with Crippen LogP contribution in [0.15, 0.2) is 149 Å². The van der Waals surface area contributed by atoms with Gasteiger partial charge < -0.3 is 131 Å². The summed E-state index contributed by atoms with van der Waals surface area (Å²) in [6.07, 6.45) is -5.16. The molecule has 1 aliphatic carbocycles. The molecular formula is C93H114N20O24S. The standard InChI is InChI=1S/C93H114N20O24S/c1-6-7-34-97-83(126)68(113-89(132)67(40-55-38-53-16-11-12-17-63(53)104-55)108-75(118)33-36-99-93(138)105-54-21-26-59(62(39-54)90(133)134)80-60-27-24-57(115)41-72(60)137-73-42-58(116)25-28-61(73)80)43-76(119)107-66(30-32-79(122)123)86(129)103-49(4)81(124)102-50(5)82(125)111-69(84(127)101-47-52-19-22-56(114)23-20-52)44-77(120)106-65(29-31-74(94)117)88(131)110-64(18-13-35-98-92(95)96)87(130)112-70(85(128)100-46-51-14-9-8-10-15-51)45-78(121)109-71(91(135)136)37-48(2)3/h8-12,14-17,19-28,38-39,41-42,48-50,64-71,104,114-115H,6-7,13,18,29-37,40,43-47H2,1-5H3,(H2,94,117)(H,97,126)(H,100,128)(H,101,127)(H,102,124)(H,103,129)(H,106,120)(H,107,119)(H,108,118)(H,109,121)(H,110,131)(H,111,125)(H,112,130)(H,113,132)(H,122,123)(H,133,134)(H,135,136)(H4,95,96,98)(H2,99,105,138)/t49-,50-,64-,65-,66-,67-,68-,69-,70-,71-/m0/s1. The van der Waals surface area contributed by atoms with Crippen molar-refractivity contribution in [2.75, 3.05) is 25.0 Å². The van der Waals surface area contributed by atoms with Gasteiger partial charge in [-0.2, -0.15) is 0 Å². The maximum atomic E-state index is 14.7. The number of nitrogens with one attached hydrogen (secondary N) is 18. The Labute approximate surface area is 795 Å². The maximum Gasteiger partial charge on any atom is 0.336 e. The highest BCUT2D eigenvalue weighted by molar-refractivity contribution is 7.80. The van der Waals surface area contributed by atoms with E-state index in [-0.39, 0.29) is 121 Å². The van der Waals surface area contributed by atoms with E-state index >= 15 is 0 Å². The molecule has 14 amide bonds. The molecule has 44 nitrogen and oxygen atoms in total. The number of aromatic carboxylic acids is 1. The number of H-pyrrole nitrogens is 1. The largest absolute Gasteiger partial charge is 0.508 e. The topological polar surface area (TPSA) is 706 Å². The molecular weight excluding hydrogens is 1810 g/mol. The number of benzene rings is 6. The number of aliphatic carboxylic acids is 2. The van der Waals surface area contributed by atoms with Crippen LogP contribution in [0.1, 0.15) is 145 Å². The Bertz CT molecular complexity index is 5780. The molecule has 45 heteroatoms. The number of unbranched alkanes of at least 4 members (excludes halogenated alkanes) is 1. The Kier molecular flexibility index (Phi) is 40.8. The van der Waals surface area contributed by atoms with Gasteiger partial charge in [0.25, 0.3) is 0 Å². The van der Waals surface area contributed by atoms with E-state index < -0.39 is 212 Å². The first-order chi connectivity index (χ1) is 65.6. The first-order valence-electron chi connectivity index (χ1n) is 44.2. The number of para-hydroxylation sites is 1. The number of carbonyl (C=O) groups excluding carboxylic acids is 14. The molecule has 6 aromatic rings. The molecule has 0 radical (unpaired) electrons. The molecule has 1 aromatic heterocycles. The summed E-state index contributed by atoms with van der Waals surface area (Å²) < 4.78 is 5.94. The average molecular weight is 1930 g/mol. The molecule has 0 unspecified atom stereocenters. The zero-order valence-electron chi connectivity index (χ0n) is 76.1. The van der Waals surface area contributed by atoms with Crippen molar-refractivity contribution >= 4 is 151 Å². The summed E-state index contributed by atoms with van der Waals surface area (Å²) in [5, 5.41) is 99.8. The molecule has 0 saturated heterocycles. The van der Waals surface area contributed by atoms with Gasteiger partial charge in [-0.1, -0.05) is 93.9 Å². The van der Waals surface area contributed by atoms with E-state index in [1.54, 1.807) is 86.6 Å². The van der Waals surface area contributed by atoms with Crippen LogP contribution in [0, 0.1) is 11.3 Å². The van der Waals surface area contributed by atoms with Crippen molar-refractivity contribution in [2.45, 2.75) is 198 Å². The molecule has 0 spiro atoms. The molecule has 0 bridgehead atoms. The molecule has 138 heavy (non-hydrogen) atoms. The minimum Gasteiger partial charge on any atom is -0.508 e. The van der Waals surface area contributed by atoms with Crippen LogP contribution in [0.5, 0.6) is 11.5 Å². The molecule has 0 saturated carbocycles. The van der Waals surface area contributed by atoms with Crippen LogP contribution in [0.4, 0.5) is 5.69 Å². The van der Waals surface area contributed by atoms with Gasteiger partial charge in [-0.05, 0) is 153 Å². The van der Waals surface area contributed by atoms with Gasteiger partial charge in [0.15, 0.2) is 16.5 Å². The Hall–Kier alpha value is -16.1. The number of carbonyl (C=O) groups is 17. The third-order valence-electron chi connectivity index (χ3n) is 21.5. The summed E-state index contributed by atoms with van der Waals surface area (Å²) in [7, 11) is 0. The second kappa shape index (κ2) is 52.5. The smallest absolute Gasteiger partial charge is 0.336 e. The Morgan fingerprint density at radius 3 is 1.56 bits per heavy atom. The molecule has 2 heterocycles. The van der Waals surface area contributed by atoms with Crippen LogP contribution < -0.4 is 102 Å². The van der Waals surface area contributed by atoms with Gasteiger partial charge in [-0.25, -0.2) is 9.59 Å². The number of guanidine groups is 1. The number of anilines is 1. The molecule has 27 N–H and O–H groups in total. The van der Waals surface area contributed by atoms with Gasteiger partial charge in [0, 0.05) is 104 Å². The summed E-state index contributed by atoms with van der Waals surface area (Å²) in [4.78, 5) is 250. The van der Waals surface area contributed by atoms with Gasteiger partial charge in [0.05, 0.1) is 24.8 Å². The summed E-state index contributed by atoms with van der Waals surface area (Å²) in [6, 6.07) is 18.7.